The number of nitrogens with zero attached hydrogens (tertiary/aromatic N) is 1. The molecule has 1 amide bonds. The highest BCUT2D eigenvalue weighted by Crippen LogP contribution is 2.09. The maximum atomic E-state index is 11.0. The van der Waals surface area contributed by atoms with Gasteiger partial charge in [-0.2, -0.15) is 0 Å². The normalized spacial score (nSPS) is 14.3. The first kappa shape index (κ1) is 10.3. The summed E-state index contributed by atoms with van der Waals surface area (Å²) in [6.07, 6.45) is 1.76. The highest BCUT2D eigenvalue weighted by molar-refractivity contribution is 8.13. The van der Waals surface area contributed by atoms with Gasteiger partial charge in [-0.1, -0.05) is 5.16 Å². The number of hydrogen-bond donors (Lipinski definition) is 2. The van der Waals surface area contributed by atoms with Crippen LogP contribution in [0.3, 0.4) is 0 Å². The Balaban J connectivity index is 4.21. The number of nitrogens with one attached hydrogen (secondary N) is 1. The third kappa shape index (κ3) is 2.80. The molecule has 0 aliphatic carbocycles. The Morgan fingerprint density at radius 2 is 2.27 bits per heavy atom. The highest BCUT2D eigenvalue weighted by atomic mass is 32.2. The molecule has 64 valence electrons. The number of thioether (sulfide) groups is 1. The quantitative estimate of drug-likeness (QED) is 0.279. The second kappa shape index (κ2) is 5.01. The minimum atomic E-state index is -0.375. The SMILES string of the molecule is CNC(=O)C(C)C(=NO)SC. The van der Waals surface area contributed by atoms with Gasteiger partial charge in [-0.05, 0) is 13.2 Å². The summed E-state index contributed by atoms with van der Waals surface area (Å²) in [5.41, 5.74) is 0. The van der Waals surface area contributed by atoms with E-state index in [1.54, 1.807) is 20.2 Å². The largest absolute Gasteiger partial charge is 0.410 e. The number of rotatable bonds is 2. The molecule has 11 heavy (non-hydrogen) atoms. The summed E-state index contributed by atoms with van der Waals surface area (Å²) in [6.45, 7) is 1.68. The Bertz CT molecular complexity index is 170. The van der Waals surface area contributed by atoms with E-state index in [4.69, 9.17) is 5.21 Å². The lowest BCUT2D eigenvalue weighted by Crippen LogP contribution is -2.29. The van der Waals surface area contributed by atoms with Crippen LogP contribution in [0.5, 0.6) is 0 Å². The monoisotopic (exact) mass is 176 g/mol. The maximum absolute atomic E-state index is 11.0. The van der Waals surface area contributed by atoms with Crippen LogP contribution in [0.2, 0.25) is 0 Å². The molecule has 0 radical (unpaired) electrons. The maximum Gasteiger partial charge on any atom is 0.229 e. The average molecular weight is 176 g/mol. The van der Waals surface area contributed by atoms with Crippen LogP contribution in [-0.4, -0.2) is 29.5 Å². The Morgan fingerprint density at radius 1 is 1.73 bits per heavy atom. The summed E-state index contributed by atoms with van der Waals surface area (Å²) >= 11 is 1.26. The van der Waals surface area contributed by atoms with Gasteiger partial charge >= 0.3 is 0 Å². The van der Waals surface area contributed by atoms with E-state index in [0.717, 1.165) is 0 Å². The molecule has 0 spiro atoms. The summed E-state index contributed by atoms with van der Waals surface area (Å²) in [6, 6.07) is 0. The van der Waals surface area contributed by atoms with Crippen LogP contribution in [0, 0.1) is 5.92 Å². The zero-order valence-corrected chi connectivity index (χ0v) is 7.60. The average Bonchev–Trinajstić information content (AvgIpc) is 2.05. The van der Waals surface area contributed by atoms with Crippen molar-refractivity contribution in [3.05, 3.63) is 0 Å². The van der Waals surface area contributed by atoms with Crippen LogP contribution in [0.4, 0.5) is 0 Å². The lowest BCUT2D eigenvalue weighted by Gasteiger charge is -2.08. The van der Waals surface area contributed by atoms with Crippen molar-refractivity contribution in [1.29, 1.82) is 0 Å². The van der Waals surface area contributed by atoms with Gasteiger partial charge < -0.3 is 10.5 Å². The summed E-state index contributed by atoms with van der Waals surface area (Å²) in [7, 11) is 1.55. The lowest BCUT2D eigenvalue weighted by molar-refractivity contribution is -0.122. The first-order valence-corrected chi connectivity index (χ1v) is 4.37. The Labute approximate surface area is 70.0 Å². The zero-order valence-electron chi connectivity index (χ0n) is 6.79. The van der Waals surface area contributed by atoms with E-state index in [9.17, 15) is 4.79 Å². The molecule has 1 unspecified atom stereocenters. The van der Waals surface area contributed by atoms with Crippen molar-refractivity contribution in [2.45, 2.75) is 6.92 Å². The van der Waals surface area contributed by atoms with Crippen LogP contribution in [0.25, 0.3) is 0 Å². The van der Waals surface area contributed by atoms with E-state index in [-0.39, 0.29) is 11.8 Å². The van der Waals surface area contributed by atoms with Gasteiger partial charge in [-0.15, -0.1) is 11.8 Å². The molecule has 2 N–H and O–H groups in total. The first-order chi connectivity index (χ1) is 5.17. The van der Waals surface area contributed by atoms with Crippen LogP contribution in [-0.2, 0) is 4.79 Å². The molecule has 0 aromatic rings. The molecular weight excluding hydrogens is 164 g/mol. The van der Waals surface area contributed by atoms with Gasteiger partial charge in [-0.25, -0.2) is 0 Å². The third-order valence-corrected chi connectivity index (χ3v) is 2.17. The number of amides is 1. The van der Waals surface area contributed by atoms with E-state index in [0.29, 0.717) is 5.04 Å². The third-order valence-electron chi connectivity index (χ3n) is 1.32. The molecule has 5 heteroatoms. The van der Waals surface area contributed by atoms with Crippen molar-refractivity contribution >= 4 is 22.7 Å². The van der Waals surface area contributed by atoms with Crippen LogP contribution in [0.1, 0.15) is 6.92 Å². The first-order valence-electron chi connectivity index (χ1n) is 3.14. The second-order valence-electron chi connectivity index (χ2n) is 1.98. The van der Waals surface area contributed by atoms with Crippen molar-refractivity contribution in [3.63, 3.8) is 0 Å². The molecule has 0 bridgehead atoms. The van der Waals surface area contributed by atoms with Gasteiger partial charge in [-0.3, -0.25) is 4.79 Å². The van der Waals surface area contributed by atoms with Gasteiger partial charge in [0.05, 0.1) is 5.92 Å². The summed E-state index contributed by atoms with van der Waals surface area (Å²) < 4.78 is 0. The standard InChI is InChI=1S/C6H12N2O2S/c1-4(5(9)7-2)6(8-10)11-3/h4,10H,1-3H3,(H,7,9). The fourth-order valence-electron chi connectivity index (χ4n) is 0.633. The van der Waals surface area contributed by atoms with Crippen LogP contribution < -0.4 is 5.32 Å². The molecule has 0 rings (SSSR count). The number of carbonyl (C=O) groups is 1. The van der Waals surface area contributed by atoms with E-state index in [2.05, 4.69) is 10.5 Å². The Kier molecular flexibility index (Phi) is 4.69. The predicted octanol–water partition coefficient (Wildman–Crippen LogP) is 0.519. The molecule has 1 atom stereocenters. The summed E-state index contributed by atoms with van der Waals surface area (Å²) in [5.74, 6) is -0.521. The van der Waals surface area contributed by atoms with Gasteiger partial charge in [0.25, 0.3) is 0 Å². The van der Waals surface area contributed by atoms with Crippen molar-refractivity contribution in [1.82, 2.24) is 5.32 Å². The van der Waals surface area contributed by atoms with E-state index in [1.807, 2.05) is 0 Å². The van der Waals surface area contributed by atoms with E-state index >= 15 is 0 Å². The van der Waals surface area contributed by atoms with Gasteiger partial charge in [0, 0.05) is 7.05 Å². The van der Waals surface area contributed by atoms with Crippen molar-refractivity contribution in [3.8, 4) is 0 Å². The molecular formula is C6H12N2O2S. The second-order valence-corrected chi connectivity index (χ2v) is 2.80. The predicted molar refractivity (Wildman–Crippen MR) is 46.0 cm³/mol. The number of carbonyl (C=O) groups excluding carboxylic acids is 1. The topological polar surface area (TPSA) is 61.7 Å². The smallest absolute Gasteiger partial charge is 0.229 e. The fraction of sp³-hybridized carbons (Fsp3) is 0.667. The summed E-state index contributed by atoms with van der Waals surface area (Å²) in [4.78, 5) is 11.0. The molecule has 0 saturated carbocycles. The van der Waals surface area contributed by atoms with Crippen molar-refractivity contribution in [2.75, 3.05) is 13.3 Å². The van der Waals surface area contributed by atoms with Gasteiger partial charge in [0.15, 0.2) is 0 Å². The van der Waals surface area contributed by atoms with Gasteiger partial charge in [0.2, 0.25) is 5.91 Å². The molecule has 4 nitrogen and oxygen atoms in total. The molecule has 0 fully saturated rings. The minimum Gasteiger partial charge on any atom is -0.410 e. The minimum absolute atomic E-state index is 0.146. The molecule has 0 aliphatic heterocycles. The lowest BCUT2D eigenvalue weighted by atomic mass is 10.2. The highest BCUT2D eigenvalue weighted by Gasteiger charge is 2.17. The molecule has 0 aromatic heterocycles. The van der Waals surface area contributed by atoms with E-state index in [1.165, 1.54) is 11.8 Å². The Morgan fingerprint density at radius 3 is 2.55 bits per heavy atom. The molecule has 0 saturated heterocycles. The van der Waals surface area contributed by atoms with Crippen LogP contribution in [0.15, 0.2) is 5.16 Å². The van der Waals surface area contributed by atoms with Gasteiger partial charge in [0.1, 0.15) is 5.04 Å². The summed E-state index contributed by atoms with van der Waals surface area (Å²) in [5, 5.41) is 14.3. The van der Waals surface area contributed by atoms with E-state index < -0.39 is 0 Å². The number of hydrogen-bond acceptors (Lipinski definition) is 4. The van der Waals surface area contributed by atoms with Crippen molar-refractivity contribution in [2.24, 2.45) is 11.1 Å². The fourth-order valence-corrected chi connectivity index (χ4v) is 1.18. The zero-order chi connectivity index (χ0) is 8.85. The molecule has 0 heterocycles. The molecule has 0 aliphatic rings. The van der Waals surface area contributed by atoms with Crippen LogP contribution >= 0.6 is 11.8 Å². The number of oxime groups is 1. The van der Waals surface area contributed by atoms with Crippen molar-refractivity contribution < 1.29 is 10.0 Å². The Hall–Kier alpha value is -0.710. The molecule has 0 aromatic carbocycles.